The van der Waals surface area contributed by atoms with Crippen LogP contribution >= 0.6 is 0 Å². The number of pyridine rings is 1. The maximum atomic E-state index is 12.8. The lowest BCUT2D eigenvalue weighted by Gasteiger charge is -2.19. The van der Waals surface area contributed by atoms with Crippen molar-refractivity contribution < 1.29 is 76.3 Å². The number of ether oxygens (including phenoxy) is 12. The third kappa shape index (κ3) is 30.4. The molecule has 20 heteroatoms. The fourth-order valence-electron chi connectivity index (χ4n) is 7.34. The van der Waals surface area contributed by atoms with Crippen molar-refractivity contribution in [2.24, 2.45) is 0 Å². The van der Waals surface area contributed by atoms with Gasteiger partial charge in [-0.1, -0.05) is 67.9 Å². The minimum Gasteiger partial charge on any atom is -0.491 e. The molecule has 0 radical (unpaired) electrons. The van der Waals surface area contributed by atoms with Crippen LogP contribution in [0.15, 0.2) is 79.0 Å². The third-order valence-corrected chi connectivity index (χ3v) is 11.3. The molecule has 20 nitrogen and oxygen atoms in total. The second-order valence-corrected chi connectivity index (χ2v) is 17.5. The third-order valence-electron chi connectivity index (χ3n) is 11.3. The molecule has 428 valence electrons. The van der Waals surface area contributed by atoms with Gasteiger partial charge in [0.2, 0.25) is 11.8 Å². The van der Waals surface area contributed by atoms with E-state index in [1.54, 1.807) is 6.20 Å². The van der Waals surface area contributed by atoms with Gasteiger partial charge in [-0.2, -0.15) is 0 Å². The maximum absolute atomic E-state index is 12.8. The molecule has 1 aromatic heterocycles. The predicted molar refractivity (Wildman–Crippen MR) is 292 cm³/mol. The zero-order valence-corrected chi connectivity index (χ0v) is 45.3. The number of aromatic nitrogens is 1. The minimum atomic E-state index is -1.06. The summed E-state index contributed by atoms with van der Waals surface area (Å²) >= 11 is 0. The quantitative estimate of drug-likeness (QED) is 0.0360. The molecule has 0 saturated heterocycles. The Morgan fingerprint density at radius 3 is 1.51 bits per heavy atom. The van der Waals surface area contributed by atoms with E-state index in [4.69, 9.17) is 56.8 Å². The van der Waals surface area contributed by atoms with E-state index in [1.165, 1.54) is 0 Å². The number of carboxylic acids is 1. The first-order chi connectivity index (χ1) is 37.8. The number of carboxylic acid groups (broad SMARTS) is 1. The van der Waals surface area contributed by atoms with Crippen LogP contribution in [0.4, 0.5) is 5.82 Å². The number of aliphatic carboxylic acids is 1. The first-order valence-electron chi connectivity index (χ1n) is 26.9. The highest BCUT2D eigenvalue weighted by molar-refractivity contribution is 6.00. The number of benzene rings is 3. The van der Waals surface area contributed by atoms with Gasteiger partial charge in [0.1, 0.15) is 18.2 Å². The van der Waals surface area contributed by atoms with Crippen LogP contribution in [0.1, 0.15) is 56.2 Å². The predicted octanol–water partition coefficient (Wildman–Crippen LogP) is 6.21. The van der Waals surface area contributed by atoms with Gasteiger partial charge in [-0.05, 0) is 65.6 Å². The molecule has 77 heavy (non-hydrogen) atoms. The molecule has 4 aromatic rings. The number of fused-ring (bicyclic) bond motifs is 1. The Morgan fingerprint density at radius 2 is 1.03 bits per heavy atom. The summed E-state index contributed by atoms with van der Waals surface area (Å²) in [5.74, 6) is -0.368. The Balaban J connectivity index is 0.951. The summed E-state index contributed by atoms with van der Waals surface area (Å²) in [6.07, 6.45) is 4.38. The van der Waals surface area contributed by atoms with E-state index >= 15 is 0 Å². The minimum absolute atomic E-state index is 0.219. The van der Waals surface area contributed by atoms with Crippen LogP contribution in [0.3, 0.4) is 0 Å². The van der Waals surface area contributed by atoms with Gasteiger partial charge in [0.25, 0.3) is 0 Å². The zero-order chi connectivity index (χ0) is 54.6. The van der Waals surface area contributed by atoms with Crippen LogP contribution in [0.5, 0.6) is 5.75 Å². The number of aryl methyl sites for hydroxylation is 1. The molecular weight excluding hydrogens is 997 g/mol. The van der Waals surface area contributed by atoms with Crippen LogP contribution in [0.25, 0.3) is 21.9 Å². The number of hydrogen-bond donors (Lipinski definition) is 4. The number of hydrogen-bond acceptors (Lipinski definition) is 17. The summed E-state index contributed by atoms with van der Waals surface area (Å²) in [7, 11) is 0. The van der Waals surface area contributed by atoms with Crippen molar-refractivity contribution >= 4 is 34.4 Å². The SMILES string of the molecule is CCCCOCCOCCOCCOCCOCCOCCOCCOCCOCCOCCOCCOc1ccc(-c2ccc([C@H](CC(=O)O)NC(=O)CNC(=O)CCCNc3cc(C)ccn3)cc2)c2ccccc12. The van der Waals surface area contributed by atoms with Gasteiger partial charge in [-0.15, -0.1) is 0 Å². The molecule has 0 spiro atoms. The molecule has 0 aliphatic rings. The van der Waals surface area contributed by atoms with Crippen molar-refractivity contribution in [3.63, 3.8) is 0 Å². The Hall–Kier alpha value is -5.36. The molecule has 1 atom stereocenters. The number of nitrogens with zero attached hydrogens (tertiary/aromatic N) is 1. The lowest BCUT2D eigenvalue weighted by molar-refractivity contribution is -0.138. The summed E-state index contributed by atoms with van der Waals surface area (Å²) in [6, 6.07) is 22.3. The van der Waals surface area contributed by atoms with E-state index in [0.29, 0.717) is 164 Å². The average Bonchev–Trinajstić information content (AvgIpc) is 3.43. The summed E-state index contributed by atoms with van der Waals surface area (Å²) in [5, 5.41) is 20.1. The molecule has 4 N–H and O–H groups in total. The van der Waals surface area contributed by atoms with Crippen LogP contribution in [-0.2, 0) is 66.5 Å². The molecule has 3 aromatic carbocycles. The number of carbonyl (C=O) groups is 3. The van der Waals surface area contributed by atoms with Crippen molar-refractivity contribution in [3.8, 4) is 16.9 Å². The van der Waals surface area contributed by atoms with Gasteiger partial charge in [0, 0.05) is 31.2 Å². The second-order valence-electron chi connectivity index (χ2n) is 17.5. The maximum Gasteiger partial charge on any atom is 0.305 e. The largest absolute Gasteiger partial charge is 0.491 e. The molecule has 0 bridgehead atoms. The van der Waals surface area contributed by atoms with Crippen LogP contribution in [-0.4, -0.2) is 193 Å². The van der Waals surface area contributed by atoms with Crippen LogP contribution in [0, 0.1) is 6.92 Å². The standard InChI is InChI=1S/C57H84N4O16/c1-3-4-20-66-21-22-67-23-24-68-25-26-69-27-28-70-29-30-71-31-32-72-33-34-73-35-36-74-37-38-75-39-40-76-41-42-77-53-16-15-49(50-8-5-6-9-51(50)53)47-11-13-48(14-12-47)52(44-57(64)65)61-56(63)45-60-55(62)10-7-18-58-54-43-46(2)17-19-59-54/h5-6,8-9,11-17,19,43,52H,3-4,7,10,18,20-42,44-45H2,1-2H3,(H,58,59)(H,60,62)(H,61,63)(H,64,65)/t52-/m0/s1. The van der Waals surface area contributed by atoms with E-state index < -0.39 is 17.9 Å². The second kappa shape index (κ2) is 42.6. The molecule has 0 aliphatic carbocycles. The van der Waals surface area contributed by atoms with Crippen molar-refractivity contribution in [1.29, 1.82) is 0 Å². The smallest absolute Gasteiger partial charge is 0.305 e. The van der Waals surface area contributed by atoms with Crippen LogP contribution < -0.4 is 20.7 Å². The fraction of sp³-hybridized carbons (Fsp3) is 0.579. The fourth-order valence-corrected chi connectivity index (χ4v) is 7.34. The van der Waals surface area contributed by atoms with Gasteiger partial charge in [0.15, 0.2) is 0 Å². The molecule has 0 aliphatic heterocycles. The lowest BCUT2D eigenvalue weighted by atomic mass is 9.95. The first-order valence-corrected chi connectivity index (χ1v) is 26.9. The lowest BCUT2D eigenvalue weighted by Crippen LogP contribution is -2.39. The number of carbonyl (C=O) groups excluding carboxylic acids is 2. The van der Waals surface area contributed by atoms with Gasteiger partial charge in [0.05, 0.1) is 158 Å². The first kappa shape index (κ1) is 64.2. The van der Waals surface area contributed by atoms with Crippen LogP contribution in [0.2, 0.25) is 0 Å². The van der Waals surface area contributed by atoms with Crippen molar-refractivity contribution in [2.45, 2.75) is 52.0 Å². The Kier molecular flexibility index (Phi) is 35.5. The van der Waals surface area contributed by atoms with Crippen molar-refractivity contribution in [1.82, 2.24) is 15.6 Å². The van der Waals surface area contributed by atoms with E-state index in [9.17, 15) is 19.5 Å². The van der Waals surface area contributed by atoms with E-state index in [-0.39, 0.29) is 25.3 Å². The number of unbranched alkanes of at least 4 members (excludes halogenated alkanes) is 1. The highest BCUT2D eigenvalue weighted by atomic mass is 16.6. The van der Waals surface area contributed by atoms with E-state index in [0.717, 1.165) is 58.5 Å². The molecule has 0 fully saturated rings. The number of amides is 2. The molecule has 0 saturated carbocycles. The van der Waals surface area contributed by atoms with Crippen molar-refractivity contribution in [3.05, 3.63) is 90.1 Å². The van der Waals surface area contributed by atoms with Gasteiger partial charge in [-0.25, -0.2) is 4.98 Å². The summed E-state index contributed by atoms with van der Waals surface area (Å²) in [5.41, 5.74) is 3.58. The molecule has 4 rings (SSSR count). The molecule has 2 amide bonds. The summed E-state index contributed by atoms with van der Waals surface area (Å²) in [4.78, 5) is 41.3. The van der Waals surface area contributed by atoms with Gasteiger partial charge in [-0.3, -0.25) is 14.4 Å². The highest BCUT2D eigenvalue weighted by Gasteiger charge is 2.19. The van der Waals surface area contributed by atoms with E-state index in [2.05, 4.69) is 27.9 Å². The topological polar surface area (TPSA) is 231 Å². The van der Waals surface area contributed by atoms with E-state index in [1.807, 2.05) is 79.7 Å². The highest BCUT2D eigenvalue weighted by Crippen LogP contribution is 2.35. The summed E-state index contributed by atoms with van der Waals surface area (Å²) < 4.78 is 67.1. The Bertz CT molecular complexity index is 2170. The Labute approximate surface area is 454 Å². The molecule has 0 unspecified atom stereocenters. The zero-order valence-electron chi connectivity index (χ0n) is 45.3. The molecule has 1 heterocycles. The Morgan fingerprint density at radius 1 is 0.545 bits per heavy atom. The molecular formula is C57H84N4O16. The van der Waals surface area contributed by atoms with Gasteiger partial charge >= 0.3 is 5.97 Å². The average molecular weight is 1080 g/mol. The van der Waals surface area contributed by atoms with Gasteiger partial charge < -0.3 is 77.9 Å². The number of rotatable bonds is 49. The van der Waals surface area contributed by atoms with Crippen molar-refractivity contribution in [2.75, 3.05) is 170 Å². The number of anilines is 1. The number of nitrogens with one attached hydrogen (secondary N) is 3. The normalized spacial score (nSPS) is 11.7. The summed E-state index contributed by atoms with van der Waals surface area (Å²) in [6.45, 7) is 15.8. The monoisotopic (exact) mass is 1080 g/mol.